The Morgan fingerprint density at radius 1 is 1.28 bits per heavy atom. The summed E-state index contributed by atoms with van der Waals surface area (Å²) < 4.78 is 0. The molecule has 2 amide bonds. The zero-order valence-electron chi connectivity index (χ0n) is 15.4. The van der Waals surface area contributed by atoms with E-state index < -0.39 is 0 Å². The van der Waals surface area contributed by atoms with Gasteiger partial charge in [-0.25, -0.2) is 4.79 Å². The Kier molecular flexibility index (Phi) is 7.59. The van der Waals surface area contributed by atoms with E-state index in [1.54, 1.807) is 0 Å². The van der Waals surface area contributed by atoms with Gasteiger partial charge in [0.25, 0.3) is 0 Å². The number of likely N-dealkylation sites (N-methyl/N-ethyl adjacent to an activating group) is 1. The fourth-order valence-electron chi connectivity index (χ4n) is 3.11. The van der Waals surface area contributed by atoms with Crippen molar-refractivity contribution in [3.8, 4) is 0 Å². The molecule has 0 atom stereocenters. The third-order valence-corrected chi connectivity index (χ3v) is 4.96. The molecule has 0 saturated carbocycles. The molecular formula is C19H29ClN4O. The highest BCUT2D eigenvalue weighted by Crippen LogP contribution is 2.26. The number of hydrogen-bond donors (Lipinski definition) is 2. The fraction of sp³-hybridized carbons (Fsp3) is 0.526. The van der Waals surface area contributed by atoms with E-state index in [0.29, 0.717) is 12.5 Å². The summed E-state index contributed by atoms with van der Waals surface area (Å²) in [6.07, 6.45) is 4.21. The summed E-state index contributed by atoms with van der Waals surface area (Å²) in [5, 5.41) is 6.72. The van der Waals surface area contributed by atoms with Gasteiger partial charge in [-0.05, 0) is 57.0 Å². The van der Waals surface area contributed by atoms with Gasteiger partial charge in [-0.1, -0.05) is 17.2 Å². The zero-order chi connectivity index (χ0) is 18.2. The molecular weight excluding hydrogens is 336 g/mol. The van der Waals surface area contributed by atoms with Crippen molar-refractivity contribution in [1.82, 2.24) is 15.5 Å². The van der Waals surface area contributed by atoms with Crippen molar-refractivity contribution in [1.29, 1.82) is 0 Å². The van der Waals surface area contributed by atoms with E-state index in [0.717, 1.165) is 43.2 Å². The molecule has 0 spiro atoms. The Labute approximate surface area is 156 Å². The number of anilines is 1. The van der Waals surface area contributed by atoms with Crippen molar-refractivity contribution in [2.75, 3.05) is 45.2 Å². The number of amides is 2. The quantitative estimate of drug-likeness (QED) is 0.761. The lowest BCUT2D eigenvalue weighted by Gasteiger charge is -2.33. The highest BCUT2D eigenvalue weighted by molar-refractivity contribution is 6.30. The number of allylic oxidation sites excluding steroid dienone is 1. The summed E-state index contributed by atoms with van der Waals surface area (Å²) in [5.41, 5.74) is 2.47. The molecule has 0 aliphatic carbocycles. The number of carbonyl (C=O) groups excluding carboxylic acids is 1. The second-order valence-electron chi connectivity index (χ2n) is 6.56. The maximum absolute atomic E-state index is 12.1. The van der Waals surface area contributed by atoms with Gasteiger partial charge in [0, 0.05) is 50.1 Å². The second-order valence-corrected chi connectivity index (χ2v) is 6.99. The van der Waals surface area contributed by atoms with Gasteiger partial charge in [0.1, 0.15) is 0 Å². The summed E-state index contributed by atoms with van der Waals surface area (Å²) in [7, 11) is 3.94. The van der Waals surface area contributed by atoms with Crippen LogP contribution in [-0.4, -0.2) is 51.2 Å². The zero-order valence-corrected chi connectivity index (χ0v) is 16.1. The van der Waals surface area contributed by atoms with Gasteiger partial charge < -0.3 is 20.4 Å². The van der Waals surface area contributed by atoms with Crippen molar-refractivity contribution >= 4 is 23.3 Å². The number of carbonyl (C=O) groups is 1. The number of nitrogens with zero attached hydrogens (tertiary/aromatic N) is 2. The fourth-order valence-corrected chi connectivity index (χ4v) is 3.23. The minimum atomic E-state index is 0.0496. The van der Waals surface area contributed by atoms with E-state index in [1.165, 1.54) is 5.57 Å². The standard InChI is InChI=1S/C19H29ClN4O/c1-15(14-23(3)18-6-4-17(20)5-7-18)16-8-12-24(13-9-16)19(25)22-11-10-21-2/h4-7,14,16,21H,8-13H2,1-3H3,(H,22,25)/b15-14+. The lowest BCUT2D eigenvalue weighted by Crippen LogP contribution is -2.46. The Balaban J connectivity index is 1.84. The number of benzene rings is 1. The van der Waals surface area contributed by atoms with Gasteiger partial charge in [0.2, 0.25) is 0 Å². The highest BCUT2D eigenvalue weighted by atomic mass is 35.5. The van der Waals surface area contributed by atoms with Crippen LogP contribution in [0.25, 0.3) is 0 Å². The molecule has 1 aliphatic rings. The number of hydrogen-bond acceptors (Lipinski definition) is 3. The van der Waals surface area contributed by atoms with Crippen LogP contribution in [0.5, 0.6) is 0 Å². The minimum Gasteiger partial charge on any atom is -0.351 e. The third-order valence-electron chi connectivity index (χ3n) is 4.71. The molecule has 0 bridgehead atoms. The average Bonchev–Trinajstić information content (AvgIpc) is 2.62. The van der Waals surface area contributed by atoms with Gasteiger partial charge in [0.05, 0.1) is 0 Å². The van der Waals surface area contributed by atoms with Gasteiger partial charge >= 0.3 is 6.03 Å². The Morgan fingerprint density at radius 2 is 1.92 bits per heavy atom. The highest BCUT2D eigenvalue weighted by Gasteiger charge is 2.23. The maximum Gasteiger partial charge on any atom is 0.317 e. The molecule has 0 aromatic heterocycles. The summed E-state index contributed by atoms with van der Waals surface area (Å²) in [6.45, 7) is 5.26. The molecule has 1 saturated heterocycles. The maximum atomic E-state index is 12.1. The molecule has 0 radical (unpaired) electrons. The van der Waals surface area contributed by atoms with E-state index in [1.807, 2.05) is 36.2 Å². The van der Waals surface area contributed by atoms with Crippen molar-refractivity contribution < 1.29 is 4.79 Å². The van der Waals surface area contributed by atoms with E-state index in [-0.39, 0.29) is 6.03 Å². The number of nitrogens with one attached hydrogen (secondary N) is 2. The largest absolute Gasteiger partial charge is 0.351 e. The Bertz CT molecular complexity index is 580. The number of halogens is 1. The van der Waals surface area contributed by atoms with E-state index in [9.17, 15) is 4.79 Å². The number of likely N-dealkylation sites (tertiary alicyclic amines) is 1. The molecule has 1 aromatic carbocycles. The molecule has 25 heavy (non-hydrogen) atoms. The molecule has 1 aromatic rings. The van der Waals surface area contributed by atoms with Crippen LogP contribution in [0.2, 0.25) is 5.02 Å². The summed E-state index contributed by atoms with van der Waals surface area (Å²) in [6, 6.07) is 7.89. The van der Waals surface area contributed by atoms with Crippen LogP contribution >= 0.6 is 11.6 Å². The lowest BCUT2D eigenvalue weighted by molar-refractivity contribution is 0.176. The molecule has 5 nitrogen and oxygen atoms in total. The Morgan fingerprint density at radius 3 is 2.52 bits per heavy atom. The second kappa shape index (κ2) is 9.68. The van der Waals surface area contributed by atoms with Crippen molar-refractivity contribution in [2.45, 2.75) is 19.8 Å². The molecule has 138 valence electrons. The molecule has 0 unspecified atom stereocenters. The van der Waals surface area contributed by atoms with Gasteiger partial charge in [-0.15, -0.1) is 0 Å². The minimum absolute atomic E-state index is 0.0496. The number of rotatable bonds is 6. The summed E-state index contributed by atoms with van der Waals surface area (Å²) in [4.78, 5) is 16.1. The molecule has 1 aliphatic heterocycles. The van der Waals surface area contributed by atoms with Gasteiger partial charge in [-0.3, -0.25) is 0 Å². The smallest absolute Gasteiger partial charge is 0.317 e. The number of urea groups is 1. The third kappa shape index (κ3) is 5.94. The van der Waals surface area contributed by atoms with Gasteiger partial charge in [-0.2, -0.15) is 0 Å². The Hall–Kier alpha value is -1.72. The molecule has 2 N–H and O–H groups in total. The van der Waals surface area contributed by atoms with Crippen LogP contribution in [0, 0.1) is 5.92 Å². The van der Waals surface area contributed by atoms with Crippen LogP contribution in [0.15, 0.2) is 36.0 Å². The van der Waals surface area contributed by atoms with Crippen molar-refractivity contribution in [3.05, 3.63) is 41.1 Å². The molecule has 6 heteroatoms. The predicted molar refractivity (Wildman–Crippen MR) is 105 cm³/mol. The average molecular weight is 365 g/mol. The van der Waals surface area contributed by atoms with E-state index >= 15 is 0 Å². The summed E-state index contributed by atoms with van der Waals surface area (Å²) >= 11 is 5.95. The first-order valence-electron chi connectivity index (χ1n) is 8.85. The molecule has 2 rings (SSSR count). The molecule has 1 fully saturated rings. The SMILES string of the molecule is CNCCNC(=O)N1CCC(/C(C)=C/N(C)c2ccc(Cl)cc2)CC1. The van der Waals surface area contributed by atoms with Crippen molar-refractivity contribution in [3.63, 3.8) is 0 Å². The van der Waals surface area contributed by atoms with Crippen molar-refractivity contribution in [2.24, 2.45) is 5.92 Å². The van der Waals surface area contributed by atoms with Crippen LogP contribution in [-0.2, 0) is 0 Å². The predicted octanol–water partition coefficient (Wildman–Crippen LogP) is 3.32. The van der Waals surface area contributed by atoms with Crippen LogP contribution in [0.1, 0.15) is 19.8 Å². The van der Waals surface area contributed by atoms with E-state index in [2.05, 4.69) is 35.7 Å². The molecule has 1 heterocycles. The topological polar surface area (TPSA) is 47.6 Å². The van der Waals surface area contributed by atoms with Crippen LogP contribution in [0.3, 0.4) is 0 Å². The normalized spacial score (nSPS) is 16.0. The first-order valence-corrected chi connectivity index (χ1v) is 9.23. The number of piperidine rings is 1. The first-order chi connectivity index (χ1) is 12.0. The monoisotopic (exact) mass is 364 g/mol. The summed E-state index contributed by atoms with van der Waals surface area (Å²) in [5.74, 6) is 0.524. The van der Waals surface area contributed by atoms with Gasteiger partial charge in [0.15, 0.2) is 0 Å². The van der Waals surface area contributed by atoms with Crippen LogP contribution < -0.4 is 15.5 Å². The lowest BCUT2D eigenvalue weighted by atomic mass is 9.90. The first kappa shape index (κ1) is 19.6. The van der Waals surface area contributed by atoms with E-state index in [4.69, 9.17) is 11.6 Å². The van der Waals surface area contributed by atoms with Crippen LogP contribution in [0.4, 0.5) is 10.5 Å².